The van der Waals surface area contributed by atoms with Gasteiger partial charge in [0.1, 0.15) is 18.5 Å². The predicted octanol–water partition coefficient (Wildman–Crippen LogP) is 1.21. The maximum absolute atomic E-state index is 9.42. The molecule has 0 aromatic heterocycles. The van der Waals surface area contributed by atoms with Gasteiger partial charge in [-0.3, -0.25) is 0 Å². The molecule has 1 aromatic rings. The molecule has 0 saturated carbocycles. The number of aliphatic hydroxyl groups excluding tert-OH is 1. The molecular formula is C12H19NO2. The average Bonchev–Trinajstić information content (AvgIpc) is 2.27. The van der Waals surface area contributed by atoms with Crippen molar-refractivity contribution in [3.8, 4) is 5.75 Å². The first kappa shape index (κ1) is 12.0. The van der Waals surface area contributed by atoms with Gasteiger partial charge < -0.3 is 15.2 Å². The molecule has 0 spiro atoms. The molecule has 1 atom stereocenters. The lowest BCUT2D eigenvalue weighted by Gasteiger charge is -2.11. The van der Waals surface area contributed by atoms with Gasteiger partial charge in [-0.25, -0.2) is 0 Å². The van der Waals surface area contributed by atoms with Crippen LogP contribution in [0.2, 0.25) is 0 Å². The number of ether oxygens (including phenoxy) is 1. The molecule has 0 aliphatic carbocycles. The summed E-state index contributed by atoms with van der Waals surface area (Å²) in [6.07, 6.45) is 0.573. The minimum Gasteiger partial charge on any atom is -0.491 e. The molecule has 1 unspecified atom stereocenters. The van der Waals surface area contributed by atoms with E-state index in [1.807, 2.05) is 24.3 Å². The van der Waals surface area contributed by atoms with Crippen LogP contribution in [0, 0.1) is 0 Å². The first-order valence-corrected chi connectivity index (χ1v) is 5.30. The number of hydrogen-bond acceptors (Lipinski definition) is 3. The molecule has 0 fully saturated rings. The fourth-order valence-electron chi connectivity index (χ4n) is 1.31. The zero-order valence-electron chi connectivity index (χ0n) is 9.36. The highest BCUT2D eigenvalue weighted by Crippen LogP contribution is 2.12. The van der Waals surface area contributed by atoms with Gasteiger partial charge in [-0.05, 0) is 31.2 Å². The molecule has 84 valence electrons. The molecule has 0 amide bonds. The third-order valence-electron chi connectivity index (χ3n) is 2.21. The minimum absolute atomic E-state index is 0.326. The smallest absolute Gasteiger partial charge is 0.119 e. The lowest BCUT2D eigenvalue weighted by molar-refractivity contribution is 0.108. The quantitative estimate of drug-likeness (QED) is 0.740. The summed E-state index contributed by atoms with van der Waals surface area (Å²) < 4.78 is 5.43. The number of benzene rings is 1. The molecule has 0 radical (unpaired) electrons. The van der Waals surface area contributed by atoms with Crippen molar-refractivity contribution < 1.29 is 9.84 Å². The van der Waals surface area contributed by atoms with Crippen LogP contribution in [0.4, 0.5) is 0 Å². The maximum Gasteiger partial charge on any atom is 0.119 e. The molecule has 0 saturated heterocycles. The summed E-state index contributed by atoms with van der Waals surface area (Å²) in [4.78, 5) is 0. The monoisotopic (exact) mass is 209 g/mol. The Bertz CT molecular complexity index is 271. The number of rotatable bonds is 6. The highest BCUT2D eigenvalue weighted by Gasteiger charge is 2.03. The van der Waals surface area contributed by atoms with E-state index in [2.05, 4.69) is 12.2 Å². The second-order valence-electron chi connectivity index (χ2n) is 3.52. The van der Waals surface area contributed by atoms with Crippen LogP contribution in [0.25, 0.3) is 0 Å². The number of hydrogen-bond donors (Lipinski definition) is 2. The van der Waals surface area contributed by atoms with Gasteiger partial charge in [0, 0.05) is 6.54 Å². The number of aliphatic hydroxyl groups is 1. The zero-order chi connectivity index (χ0) is 11.1. The topological polar surface area (TPSA) is 41.5 Å². The Hall–Kier alpha value is -1.06. The van der Waals surface area contributed by atoms with E-state index in [1.54, 1.807) is 7.05 Å². The van der Waals surface area contributed by atoms with E-state index in [9.17, 15) is 5.11 Å². The summed E-state index contributed by atoms with van der Waals surface area (Å²) in [5.74, 6) is 0.808. The van der Waals surface area contributed by atoms with Crippen LogP contribution in [0.1, 0.15) is 12.5 Å². The third-order valence-corrected chi connectivity index (χ3v) is 2.21. The van der Waals surface area contributed by atoms with Gasteiger partial charge in [0.05, 0.1) is 0 Å². The van der Waals surface area contributed by atoms with Crippen molar-refractivity contribution in [3.05, 3.63) is 29.8 Å². The summed E-state index contributed by atoms with van der Waals surface area (Å²) in [5.41, 5.74) is 1.29. The Kier molecular flexibility index (Phi) is 5.15. The van der Waals surface area contributed by atoms with Crippen LogP contribution in [-0.4, -0.2) is 31.4 Å². The molecule has 3 nitrogen and oxygen atoms in total. The first-order chi connectivity index (χ1) is 7.26. The normalized spacial score (nSPS) is 12.5. The SMILES string of the molecule is CCc1ccc(OCC(O)CNC)cc1. The Morgan fingerprint density at radius 2 is 2.00 bits per heavy atom. The van der Waals surface area contributed by atoms with Gasteiger partial charge >= 0.3 is 0 Å². The van der Waals surface area contributed by atoms with E-state index < -0.39 is 6.10 Å². The second-order valence-corrected chi connectivity index (χ2v) is 3.52. The Morgan fingerprint density at radius 1 is 1.33 bits per heavy atom. The standard InChI is InChI=1S/C12H19NO2/c1-3-10-4-6-12(7-5-10)15-9-11(14)8-13-2/h4-7,11,13-14H,3,8-9H2,1-2H3. The minimum atomic E-state index is -0.458. The average molecular weight is 209 g/mol. The first-order valence-electron chi connectivity index (χ1n) is 5.30. The summed E-state index contributed by atoms with van der Waals surface area (Å²) in [5, 5.41) is 12.3. The van der Waals surface area contributed by atoms with Gasteiger partial charge in [0.15, 0.2) is 0 Å². The van der Waals surface area contributed by atoms with Crippen molar-refractivity contribution >= 4 is 0 Å². The summed E-state index contributed by atoms with van der Waals surface area (Å²) in [6.45, 7) is 2.99. The van der Waals surface area contributed by atoms with Crippen molar-refractivity contribution in [1.82, 2.24) is 5.32 Å². The van der Waals surface area contributed by atoms with Gasteiger partial charge in [0.25, 0.3) is 0 Å². The molecule has 0 heterocycles. The number of aryl methyl sites for hydroxylation is 1. The van der Waals surface area contributed by atoms with Crippen LogP contribution in [0.5, 0.6) is 5.75 Å². The van der Waals surface area contributed by atoms with Crippen molar-refractivity contribution in [2.45, 2.75) is 19.4 Å². The number of nitrogens with one attached hydrogen (secondary N) is 1. The fourth-order valence-corrected chi connectivity index (χ4v) is 1.31. The van der Waals surface area contributed by atoms with E-state index in [-0.39, 0.29) is 0 Å². The van der Waals surface area contributed by atoms with Gasteiger partial charge in [0.2, 0.25) is 0 Å². The lowest BCUT2D eigenvalue weighted by Crippen LogP contribution is -2.29. The van der Waals surface area contributed by atoms with Crippen molar-refractivity contribution in [3.63, 3.8) is 0 Å². The highest BCUT2D eigenvalue weighted by molar-refractivity contribution is 5.27. The molecule has 1 aromatic carbocycles. The van der Waals surface area contributed by atoms with Crippen LogP contribution >= 0.6 is 0 Å². The van der Waals surface area contributed by atoms with Crippen molar-refractivity contribution in [2.75, 3.05) is 20.2 Å². The molecule has 2 N–H and O–H groups in total. The molecule has 0 aliphatic rings. The molecule has 0 aliphatic heterocycles. The van der Waals surface area contributed by atoms with Crippen LogP contribution < -0.4 is 10.1 Å². The Labute approximate surface area is 91.1 Å². The van der Waals surface area contributed by atoms with Crippen LogP contribution in [-0.2, 0) is 6.42 Å². The lowest BCUT2D eigenvalue weighted by atomic mass is 10.2. The van der Waals surface area contributed by atoms with Gasteiger partial charge in [-0.15, -0.1) is 0 Å². The van der Waals surface area contributed by atoms with Crippen LogP contribution in [0.15, 0.2) is 24.3 Å². The molecular weight excluding hydrogens is 190 g/mol. The van der Waals surface area contributed by atoms with Crippen molar-refractivity contribution in [1.29, 1.82) is 0 Å². The summed E-state index contributed by atoms with van der Waals surface area (Å²) >= 11 is 0. The third kappa shape index (κ3) is 4.32. The number of likely N-dealkylation sites (N-methyl/N-ethyl adjacent to an activating group) is 1. The molecule has 0 bridgehead atoms. The van der Waals surface area contributed by atoms with Crippen LogP contribution in [0.3, 0.4) is 0 Å². The highest BCUT2D eigenvalue weighted by atomic mass is 16.5. The Balaban J connectivity index is 2.37. The fraction of sp³-hybridized carbons (Fsp3) is 0.500. The van der Waals surface area contributed by atoms with E-state index in [0.29, 0.717) is 13.2 Å². The summed E-state index contributed by atoms with van der Waals surface area (Å²) in [6, 6.07) is 7.95. The predicted molar refractivity (Wildman–Crippen MR) is 61.2 cm³/mol. The van der Waals surface area contributed by atoms with E-state index >= 15 is 0 Å². The van der Waals surface area contributed by atoms with E-state index in [4.69, 9.17) is 4.74 Å². The maximum atomic E-state index is 9.42. The largest absolute Gasteiger partial charge is 0.491 e. The van der Waals surface area contributed by atoms with Gasteiger partial charge in [-0.1, -0.05) is 19.1 Å². The Morgan fingerprint density at radius 3 is 2.53 bits per heavy atom. The van der Waals surface area contributed by atoms with Gasteiger partial charge in [-0.2, -0.15) is 0 Å². The van der Waals surface area contributed by atoms with E-state index in [1.165, 1.54) is 5.56 Å². The summed E-state index contributed by atoms with van der Waals surface area (Å²) in [7, 11) is 1.80. The zero-order valence-corrected chi connectivity index (χ0v) is 9.36. The van der Waals surface area contributed by atoms with Crippen molar-refractivity contribution in [2.24, 2.45) is 0 Å². The molecule has 1 rings (SSSR count). The second kappa shape index (κ2) is 6.43. The van der Waals surface area contributed by atoms with E-state index in [0.717, 1.165) is 12.2 Å². The molecule has 3 heteroatoms. The molecule has 15 heavy (non-hydrogen) atoms.